The molecule has 0 aliphatic carbocycles. The van der Waals surface area contributed by atoms with E-state index >= 15 is 0 Å². The van der Waals surface area contributed by atoms with Crippen LogP contribution in [-0.4, -0.2) is 0 Å². The Labute approximate surface area is 92.9 Å². The summed E-state index contributed by atoms with van der Waals surface area (Å²) in [5.74, 6) is 0. The van der Waals surface area contributed by atoms with Gasteiger partial charge in [0.05, 0.1) is 5.39 Å². The monoisotopic (exact) mass is 213 g/mol. The molecule has 3 nitrogen and oxygen atoms in total. The molecule has 0 aliphatic heterocycles. The van der Waals surface area contributed by atoms with Crippen LogP contribution in [-0.2, 0) is 6.42 Å². The van der Waals surface area contributed by atoms with Gasteiger partial charge in [-0.05, 0) is 24.1 Å². The van der Waals surface area contributed by atoms with E-state index in [0.29, 0.717) is 11.0 Å². The molecule has 0 unspecified atom stereocenters. The smallest absolute Gasteiger partial charge is 0.210 e. The van der Waals surface area contributed by atoms with Crippen molar-refractivity contribution < 1.29 is 4.42 Å². The van der Waals surface area contributed by atoms with Crippen molar-refractivity contribution in [2.24, 2.45) is 0 Å². The van der Waals surface area contributed by atoms with Gasteiger partial charge in [-0.25, -0.2) is 0 Å². The molecule has 0 amide bonds. The molecule has 0 bridgehead atoms. The van der Waals surface area contributed by atoms with Gasteiger partial charge in [-0.15, -0.1) is 0 Å². The summed E-state index contributed by atoms with van der Waals surface area (Å²) in [5.41, 5.74) is 1.43. The first-order valence-electron chi connectivity index (χ1n) is 5.20. The molecule has 1 aromatic carbocycles. The van der Waals surface area contributed by atoms with Gasteiger partial charge in [0, 0.05) is 0 Å². The highest BCUT2D eigenvalue weighted by Crippen LogP contribution is 2.14. The van der Waals surface area contributed by atoms with Gasteiger partial charge < -0.3 is 4.42 Å². The fourth-order valence-corrected chi connectivity index (χ4v) is 1.70. The van der Waals surface area contributed by atoms with Crippen molar-refractivity contribution in [2.75, 3.05) is 0 Å². The quantitative estimate of drug-likeness (QED) is 0.770. The fraction of sp³-hybridized carbons (Fsp3) is 0.231. The average molecular weight is 213 g/mol. The maximum Gasteiger partial charge on any atom is 0.210 e. The van der Waals surface area contributed by atoms with Crippen LogP contribution in [0.3, 0.4) is 0 Å². The van der Waals surface area contributed by atoms with E-state index in [1.807, 2.05) is 18.2 Å². The van der Waals surface area contributed by atoms with Crippen molar-refractivity contribution in [2.45, 2.75) is 19.8 Å². The lowest BCUT2D eigenvalue weighted by atomic mass is 10.1. The van der Waals surface area contributed by atoms with E-state index in [1.165, 1.54) is 6.26 Å². The molecule has 0 fully saturated rings. The first-order chi connectivity index (χ1) is 7.76. The summed E-state index contributed by atoms with van der Waals surface area (Å²) in [6.45, 7) is 2.08. The van der Waals surface area contributed by atoms with Crippen LogP contribution in [0.5, 0.6) is 0 Å². The van der Waals surface area contributed by atoms with E-state index in [2.05, 4.69) is 6.92 Å². The molecule has 0 spiro atoms. The van der Waals surface area contributed by atoms with Crippen molar-refractivity contribution in [3.8, 4) is 6.07 Å². The highest BCUT2D eigenvalue weighted by atomic mass is 16.3. The van der Waals surface area contributed by atoms with Crippen molar-refractivity contribution in [1.29, 1.82) is 5.26 Å². The Kier molecular flexibility index (Phi) is 2.74. The Morgan fingerprint density at radius 2 is 2.25 bits per heavy atom. The van der Waals surface area contributed by atoms with Crippen molar-refractivity contribution >= 4 is 11.0 Å². The maximum atomic E-state index is 11.8. The number of fused-ring (bicyclic) bond motifs is 1. The predicted molar refractivity (Wildman–Crippen MR) is 61.2 cm³/mol. The minimum Gasteiger partial charge on any atom is -0.463 e. The van der Waals surface area contributed by atoms with E-state index in [0.717, 1.165) is 18.4 Å². The van der Waals surface area contributed by atoms with Gasteiger partial charge in [0.2, 0.25) is 5.43 Å². The van der Waals surface area contributed by atoms with E-state index < -0.39 is 0 Å². The average Bonchev–Trinajstić information content (AvgIpc) is 2.31. The SMILES string of the molecule is CCCc1ccc2occ(C#N)c(=O)c2c1. The number of hydrogen-bond donors (Lipinski definition) is 0. The number of nitrogens with zero attached hydrogens (tertiary/aromatic N) is 1. The van der Waals surface area contributed by atoms with Crippen LogP contribution in [0.25, 0.3) is 11.0 Å². The minimum absolute atomic E-state index is 0.0566. The number of aryl methyl sites for hydroxylation is 1. The molecule has 2 rings (SSSR count). The molecule has 16 heavy (non-hydrogen) atoms. The molecule has 0 saturated heterocycles. The third-order valence-electron chi connectivity index (χ3n) is 2.50. The van der Waals surface area contributed by atoms with E-state index in [4.69, 9.17) is 9.68 Å². The number of benzene rings is 1. The van der Waals surface area contributed by atoms with Crippen LogP contribution in [0.2, 0.25) is 0 Å². The molecule has 0 aliphatic rings. The second-order valence-corrected chi connectivity index (χ2v) is 3.67. The van der Waals surface area contributed by atoms with Gasteiger partial charge in [0.25, 0.3) is 0 Å². The summed E-state index contributed by atoms with van der Waals surface area (Å²) in [6.07, 6.45) is 3.16. The fourth-order valence-electron chi connectivity index (χ4n) is 1.70. The predicted octanol–water partition coefficient (Wildman–Crippen LogP) is 2.62. The van der Waals surface area contributed by atoms with Gasteiger partial charge in [-0.3, -0.25) is 4.79 Å². The van der Waals surface area contributed by atoms with Crippen molar-refractivity contribution in [3.05, 3.63) is 45.8 Å². The van der Waals surface area contributed by atoms with E-state index in [-0.39, 0.29) is 11.0 Å². The zero-order valence-electron chi connectivity index (χ0n) is 8.99. The number of rotatable bonds is 2. The molecule has 0 N–H and O–H groups in total. The Hall–Kier alpha value is -2.08. The number of hydrogen-bond acceptors (Lipinski definition) is 3. The Morgan fingerprint density at radius 1 is 1.44 bits per heavy atom. The summed E-state index contributed by atoms with van der Waals surface area (Å²) < 4.78 is 5.23. The summed E-state index contributed by atoms with van der Waals surface area (Å²) in [7, 11) is 0. The molecule has 0 radical (unpaired) electrons. The summed E-state index contributed by atoms with van der Waals surface area (Å²) in [6, 6.07) is 7.37. The molecule has 1 heterocycles. The third-order valence-corrected chi connectivity index (χ3v) is 2.50. The first-order valence-corrected chi connectivity index (χ1v) is 5.20. The van der Waals surface area contributed by atoms with Crippen LogP contribution in [0, 0.1) is 11.3 Å². The van der Waals surface area contributed by atoms with Gasteiger partial charge in [0.1, 0.15) is 23.5 Å². The lowest BCUT2D eigenvalue weighted by molar-refractivity contribution is 0.600. The zero-order valence-corrected chi connectivity index (χ0v) is 8.99. The van der Waals surface area contributed by atoms with Gasteiger partial charge >= 0.3 is 0 Å². The van der Waals surface area contributed by atoms with Gasteiger partial charge in [-0.2, -0.15) is 5.26 Å². The van der Waals surface area contributed by atoms with Crippen LogP contribution in [0.1, 0.15) is 24.5 Å². The van der Waals surface area contributed by atoms with E-state index in [9.17, 15) is 4.79 Å². The van der Waals surface area contributed by atoms with Crippen LogP contribution < -0.4 is 5.43 Å². The second kappa shape index (κ2) is 4.19. The lowest BCUT2D eigenvalue weighted by Gasteiger charge is -2.01. The largest absolute Gasteiger partial charge is 0.463 e. The molecule has 80 valence electrons. The van der Waals surface area contributed by atoms with Crippen molar-refractivity contribution in [1.82, 2.24) is 0 Å². The third kappa shape index (κ3) is 1.70. The molecule has 0 saturated carbocycles. The summed E-state index contributed by atoms with van der Waals surface area (Å²) in [5, 5.41) is 9.23. The van der Waals surface area contributed by atoms with Gasteiger partial charge in [-0.1, -0.05) is 19.4 Å². The topological polar surface area (TPSA) is 54.0 Å². The highest BCUT2D eigenvalue weighted by molar-refractivity contribution is 5.78. The molecule has 0 atom stereocenters. The van der Waals surface area contributed by atoms with Crippen LogP contribution in [0.15, 0.2) is 33.7 Å². The standard InChI is InChI=1S/C13H11NO2/c1-2-3-9-4-5-12-11(6-9)13(15)10(7-14)8-16-12/h4-6,8H,2-3H2,1H3. The molecule has 3 heteroatoms. The minimum atomic E-state index is -0.248. The zero-order chi connectivity index (χ0) is 11.5. The molecule has 1 aromatic heterocycles. The first kappa shape index (κ1) is 10.4. The van der Waals surface area contributed by atoms with Crippen LogP contribution >= 0.6 is 0 Å². The molecular weight excluding hydrogens is 202 g/mol. The Balaban J connectivity index is 2.71. The lowest BCUT2D eigenvalue weighted by Crippen LogP contribution is -2.05. The second-order valence-electron chi connectivity index (χ2n) is 3.67. The molecule has 2 aromatic rings. The van der Waals surface area contributed by atoms with Gasteiger partial charge in [0.15, 0.2) is 0 Å². The highest BCUT2D eigenvalue weighted by Gasteiger charge is 2.06. The number of nitriles is 1. The summed E-state index contributed by atoms with van der Waals surface area (Å²) in [4.78, 5) is 11.8. The Morgan fingerprint density at radius 3 is 2.94 bits per heavy atom. The van der Waals surface area contributed by atoms with E-state index in [1.54, 1.807) is 6.07 Å². The normalized spacial score (nSPS) is 10.2. The molecular formula is C13H11NO2. The maximum absolute atomic E-state index is 11.8. The van der Waals surface area contributed by atoms with Crippen LogP contribution in [0.4, 0.5) is 0 Å². The summed E-state index contributed by atoms with van der Waals surface area (Å²) >= 11 is 0. The Bertz CT molecular complexity index is 620. The van der Waals surface area contributed by atoms with Crippen molar-refractivity contribution in [3.63, 3.8) is 0 Å².